The molecule has 2 aromatic carbocycles. The molecular weight excluding hydrogens is 342 g/mol. The van der Waals surface area contributed by atoms with Gasteiger partial charge < -0.3 is 10.0 Å². The van der Waals surface area contributed by atoms with E-state index in [2.05, 4.69) is 12.1 Å². The van der Waals surface area contributed by atoms with Crippen molar-refractivity contribution in [1.82, 2.24) is 4.90 Å². The van der Waals surface area contributed by atoms with Crippen LogP contribution >= 0.6 is 11.3 Å². The van der Waals surface area contributed by atoms with Gasteiger partial charge in [0.2, 0.25) is 0 Å². The van der Waals surface area contributed by atoms with Gasteiger partial charge >= 0.3 is 0 Å². The molecule has 0 unspecified atom stereocenters. The van der Waals surface area contributed by atoms with Crippen LogP contribution in [-0.4, -0.2) is 29.0 Å². The molecule has 2 heterocycles. The van der Waals surface area contributed by atoms with E-state index >= 15 is 0 Å². The minimum atomic E-state index is -0.790. The summed E-state index contributed by atoms with van der Waals surface area (Å²) in [6, 6.07) is 21.9. The van der Waals surface area contributed by atoms with E-state index in [1.807, 2.05) is 64.9 Å². The Hall–Kier alpha value is -2.43. The van der Waals surface area contributed by atoms with Crippen molar-refractivity contribution < 1.29 is 9.90 Å². The second-order valence-corrected chi connectivity index (χ2v) is 7.69. The highest BCUT2D eigenvalue weighted by atomic mass is 32.1. The van der Waals surface area contributed by atoms with Crippen molar-refractivity contribution in [3.63, 3.8) is 0 Å². The minimum Gasteiger partial charge on any atom is -0.384 e. The first kappa shape index (κ1) is 17.0. The maximum absolute atomic E-state index is 12.8. The maximum Gasteiger partial charge on any atom is 0.253 e. The number of hydrogen-bond acceptors (Lipinski definition) is 3. The Kier molecular flexibility index (Phi) is 4.62. The van der Waals surface area contributed by atoms with Crippen LogP contribution in [0.4, 0.5) is 0 Å². The fourth-order valence-corrected chi connectivity index (χ4v) is 4.37. The van der Waals surface area contributed by atoms with Gasteiger partial charge in [0.05, 0.1) is 0 Å². The topological polar surface area (TPSA) is 40.5 Å². The number of piperidine rings is 1. The summed E-state index contributed by atoms with van der Waals surface area (Å²) in [5.74, 6) is 0.0397. The Morgan fingerprint density at radius 2 is 1.54 bits per heavy atom. The van der Waals surface area contributed by atoms with Gasteiger partial charge in [-0.3, -0.25) is 4.79 Å². The summed E-state index contributed by atoms with van der Waals surface area (Å²) in [5.41, 5.74) is 2.16. The average Bonchev–Trinajstić information content (AvgIpc) is 3.25. The Balaban J connectivity index is 1.44. The van der Waals surface area contributed by atoms with Crippen molar-refractivity contribution in [3.8, 4) is 11.1 Å². The van der Waals surface area contributed by atoms with E-state index in [1.165, 1.54) is 0 Å². The number of carbonyl (C=O) groups is 1. The van der Waals surface area contributed by atoms with Gasteiger partial charge in [-0.2, -0.15) is 0 Å². The first-order valence-corrected chi connectivity index (χ1v) is 9.75. The summed E-state index contributed by atoms with van der Waals surface area (Å²) in [6.07, 6.45) is 1.17. The summed E-state index contributed by atoms with van der Waals surface area (Å²) >= 11 is 1.58. The standard InChI is InChI=1S/C22H21NO2S/c24-21(19-10-8-18(9-11-19)17-5-2-1-3-6-17)23-14-12-22(25,13-15-23)20-7-4-16-26-20/h1-11,16,25H,12-15H2. The molecule has 1 amide bonds. The Labute approximate surface area is 157 Å². The quantitative estimate of drug-likeness (QED) is 0.742. The number of nitrogens with zero attached hydrogens (tertiary/aromatic N) is 1. The molecular formula is C22H21NO2S. The summed E-state index contributed by atoms with van der Waals surface area (Å²) in [7, 11) is 0. The molecule has 132 valence electrons. The first-order chi connectivity index (χ1) is 12.7. The van der Waals surface area contributed by atoms with Crippen LogP contribution < -0.4 is 0 Å². The monoisotopic (exact) mass is 363 g/mol. The number of rotatable bonds is 3. The van der Waals surface area contributed by atoms with Gasteiger partial charge in [0.1, 0.15) is 5.60 Å². The molecule has 1 aliphatic rings. The van der Waals surface area contributed by atoms with Crippen LogP contribution in [0.3, 0.4) is 0 Å². The van der Waals surface area contributed by atoms with Crippen molar-refractivity contribution in [2.45, 2.75) is 18.4 Å². The van der Waals surface area contributed by atoms with Crippen LogP contribution in [0.15, 0.2) is 72.1 Å². The van der Waals surface area contributed by atoms with E-state index < -0.39 is 5.60 Å². The number of amides is 1. The highest BCUT2D eigenvalue weighted by Gasteiger charge is 2.36. The van der Waals surface area contributed by atoms with Gasteiger partial charge in [-0.1, -0.05) is 48.5 Å². The molecule has 0 aliphatic carbocycles. The average molecular weight is 363 g/mol. The van der Waals surface area contributed by atoms with Crippen LogP contribution in [0.25, 0.3) is 11.1 Å². The van der Waals surface area contributed by atoms with E-state index in [9.17, 15) is 9.90 Å². The number of benzene rings is 2. The molecule has 1 N–H and O–H groups in total. The number of carbonyl (C=O) groups excluding carboxylic acids is 1. The van der Waals surface area contributed by atoms with Crippen molar-refractivity contribution in [1.29, 1.82) is 0 Å². The zero-order valence-electron chi connectivity index (χ0n) is 14.5. The third-order valence-electron chi connectivity index (χ3n) is 5.10. The highest BCUT2D eigenvalue weighted by molar-refractivity contribution is 7.10. The lowest BCUT2D eigenvalue weighted by molar-refractivity contribution is -0.0183. The zero-order valence-corrected chi connectivity index (χ0v) is 15.3. The van der Waals surface area contributed by atoms with Crippen LogP contribution in [-0.2, 0) is 5.60 Å². The van der Waals surface area contributed by atoms with E-state index in [1.54, 1.807) is 11.3 Å². The zero-order chi connectivity index (χ0) is 18.0. The number of hydrogen-bond donors (Lipinski definition) is 1. The second-order valence-electron chi connectivity index (χ2n) is 6.74. The number of thiophene rings is 1. The Bertz CT molecular complexity index is 864. The lowest BCUT2D eigenvalue weighted by Crippen LogP contribution is -2.44. The van der Waals surface area contributed by atoms with Gasteiger partial charge in [0, 0.05) is 23.5 Å². The molecule has 3 aromatic rings. The van der Waals surface area contributed by atoms with Crippen LogP contribution in [0, 0.1) is 0 Å². The molecule has 0 spiro atoms. The highest BCUT2D eigenvalue weighted by Crippen LogP contribution is 2.35. The van der Waals surface area contributed by atoms with Crippen LogP contribution in [0.1, 0.15) is 28.1 Å². The Morgan fingerprint density at radius 3 is 2.15 bits per heavy atom. The summed E-state index contributed by atoms with van der Waals surface area (Å²) in [5, 5.41) is 12.8. The molecule has 4 rings (SSSR count). The van der Waals surface area contributed by atoms with Gasteiger partial charge in [0.25, 0.3) is 5.91 Å². The summed E-state index contributed by atoms with van der Waals surface area (Å²) in [4.78, 5) is 15.6. The van der Waals surface area contributed by atoms with Gasteiger partial charge in [-0.15, -0.1) is 11.3 Å². The molecule has 0 radical (unpaired) electrons. The molecule has 1 saturated heterocycles. The lowest BCUT2D eigenvalue weighted by Gasteiger charge is -2.37. The molecule has 0 bridgehead atoms. The fourth-order valence-electron chi connectivity index (χ4n) is 3.49. The third kappa shape index (κ3) is 3.30. The van der Waals surface area contributed by atoms with Gasteiger partial charge in [-0.25, -0.2) is 0 Å². The normalized spacial score (nSPS) is 16.4. The molecule has 4 heteroatoms. The van der Waals surface area contributed by atoms with E-state index in [0.717, 1.165) is 16.0 Å². The molecule has 1 fully saturated rings. The molecule has 26 heavy (non-hydrogen) atoms. The fraction of sp³-hybridized carbons (Fsp3) is 0.227. The predicted molar refractivity (Wildman–Crippen MR) is 105 cm³/mol. The van der Waals surface area contributed by atoms with Crippen molar-refractivity contribution in [2.24, 2.45) is 0 Å². The lowest BCUT2D eigenvalue weighted by atomic mass is 9.89. The van der Waals surface area contributed by atoms with E-state index in [0.29, 0.717) is 31.5 Å². The van der Waals surface area contributed by atoms with Crippen LogP contribution in [0.5, 0.6) is 0 Å². The molecule has 0 saturated carbocycles. The number of likely N-dealkylation sites (tertiary alicyclic amines) is 1. The molecule has 1 aromatic heterocycles. The van der Waals surface area contributed by atoms with Crippen molar-refractivity contribution >= 4 is 17.2 Å². The Morgan fingerprint density at radius 1 is 0.885 bits per heavy atom. The third-order valence-corrected chi connectivity index (χ3v) is 6.16. The van der Waals surface area contributed by atoms with Crippen molar-refractivity contribution in [3.05, 3.63) is 82.6 Å². The minimum absolute atomic E-state index is 0.0397. The van der Waals surface area contributed by atoms with Gasteiger partial charge in [0.15, 0.2) is 0 Å². The molecule has 3 nitrogen and oxygen atoms in total. The molecule has 1 aliphatic heterocycles. The van der Waals surface area contributed by atoms with E-state index in [-0.39, 0.29) is 5.91 Å². The van der Waals surface area contributed by atoms with Crippen molar-refractivity contribution in [2.75, 3.05) is 13.1 Å². The predicted octanol–water partition coefficient (Wildman–Crippen LogP) is 4.54. The van der Waals surface area contributed by atoms with Gasteiger partial charge in [-0.05, 0) is 47.5 Å². The summed E-state index contributed by atoms with van der Waals surface area (Å²) in [6.45, 7) is 1.15. The smallest absolute Gasteiger partial charge is 0.253 e. The SMILES string of the molecule is O=C(c1ccc(-c2ccccc2)cc1)N1CCC(O)(c2cccs2)CC1. The number of aliphatic hydroxyl groups is 1. The molecule has 0 atom stereocenters. The second kappa shape index (κ2) is 7.06. The largest absolute Gasteiger partial charge is 0.384 e. The first-order valence-electron chi connectivity index (χ1n) is 8.87. The summed E-state index contributed by atoms with van der Waals surface area (Å²) < 4.78 is 0. The van der Waals surface area contributed by atoms with Crippen LogP contribution in [0.2, 0.25) is 0 Å². The van der Waals surface area contributed by atoms with E-state index in [4.69, 9.17) is 0 Å². The maximum atomic E-state index is 12.8.